The smallest absolute Gasteiger partial charge is 0.0415 e. The third-order valence-corrected chi connectivity index (χ3v) is 5.72. The second-order valence-corrected chi connectivity index (χ2v) is 6.87. The van der Waals surface area contributed by atoms with Crippen LogP contribution in [0.25, 0.3) is 0 Å². The van der Waals surface area contributed by atoms with Crippen LogP contribution in [0.2, 0.25) is 0 Å². The Morgan fingerprint density at radius 1 is 1.28 bits per heavy atom. The van der Waals surface area contributed by atoms with E-state index < -0.39 is 0 Å². The molecular formula is C16H23NS. The molecule has 1 aliphatic heterocycles. The van der Waals surface area contributed by atoms with E-state index in [0.29, 0.717) is 6.04 Å². The number of hydrogen-bond donors (Lipinski definition) is 1. The number of benzene rings is 1. The lowest BCUT2D eigenvalue weighted by molar-refractivity contribution is 0.375. The Kier molecular flexibility index (Phi) is 3.95. The van der Waals surface area contributed by atoms with Crippen LogP contribution in [0.15, 0.2) is 24.3 Å². The molecule has 98 valence electrons. The minimum Gasteiger partial charge on any atom is -0.309 e. The monoisotopic (exact) mass is 261 g/mol. The fourth-order valence-corrected chi connectivity index (χ4v) is 4.50. The van der Waals surface area contributed by atoms with Crippen LogP contribution in [0, 0.1) is 11.8 Å². The second kappa shape index (κ2) is 5.66. The third-order valence-electron chi connectivity index (χ3n) is 4.64. The van der Waals surface area contributed by atoms with Gasteiger partial charge in [-0.3, -0.25) is 0 Å². The normalized spacial score (nSPS) is 31.3. The molecule has 1 fully saturated rings. The second-order valence-electron chi connectivity index (χ2n) is 5.84. The highest BCUT2D eigenvalue weighted by atomic mass is 32.2. The van der Waals surface area contributed by atoms with Crippen molar-refractivity contribution in [3.05, 3.63) is 35.4 Å². The molecule has 1 aromatic rings. The Bertz CT molecular complexity index is 404. The maximum Gasteiger partial charge on any atom is 0.0415 e. The summed E-state index contributed by atoms with van der Waals surface area (Å²) in [5, 5.41) is 3.83. The molecule has 1 aliphatic carbocycles. The van der Waals surface area contributed by atoms with Gasteiger partial charge in [0, 0.05) is 17.5 Å². The lowest BCUT2D eigenvalue weighted by atomic mass is 9.96. The van der Waals surface area contributed by atoms with Crippen molar-refractivity contribution in [3.8, 4) is 0 Å². The summed E-state index contributed by atoms with van der Waals surface area (Å²) >= 11 is 2.07. The van der Waals surface area contributed by atoms with E-state index in [1.807, 2.05) is 0 Å². The van der Waals surface area contributed by atoms with Crippen molar-refractivity contribution in [2.45, 2.75) is 38.0 Å². The lowest BCUT2D eigenvalue weighted by Crippen LogP contribution is -2.31. The van der Waals surface area contributed by atoms with Crippen molar-refractivity contribution in [2.24, 2.45) is 11.8 Å². The van der Waals surface area contributed by atoms with Crippen LogP contribution in [0.3, 0.4) is 0 Å². The first-order valence-electron chi connectivity index (χ1n) is 7.23. The molecule has 2 aliphatic rings. The largest absolute Gasteiger partial charge is 0.309 e. The summed E-state index contributed by atoms with van der Waals surface area (Å²) in [6.45, 7) is 3.63. The molecule has 0 amide bonds. The number of nitrogens with one attached hydrogen (secondary N) is 1. The summed E-state index contributed by atoms with van der Waals surface area (Å²) in [6.07, 6.45) is 4.29. The van der Waals surface area contributed by atoms with Crippen molar-refractivity contribution in [1.29, 1.82) is 0 Å². The van der Waals surface area contributed by atoms with Gasteiger partial charge >= 0.3 is 0 Å². The molecule has 18 heavy (non-hydrogen) atoms. The molecule has 3 rings (SSSR count). The van der Waals surface area contributed by atoms with E-state index in [0.717, 1.165) is 11.8 Å². The van der Waals surface area contributed by atoms with E-state index in [2.05, 4.69) is 48.3 Å². The predicted molar refractivity (Wildman–Crippen MR) is 79.9 cm³/mol. The molecule has 0 saturated heterocycles. The molecule has 0 spiro atoms. The van der Waals surface area contributed by atoms with Gasteiger partial charge < -0.3 is 5.32 Å². The maximum absolute atomic E-state index is 3.83. The molecule has 0 aromatic heterocycles. The van der Waals surface area contributed by atoms with Crippen LogP contribution in [0.5, 0.6) is 0 Å². The molecule has 0 bridgehead atoms. The molecule has 1 heterocycles. The maximum atomic E-state index is 3.83. The van der Waals surface area contributed by atoms with Crippen LogP contribution in [-0.4, -0.2) is 12.3 Å². The Hall–Kier alpha value is -0.470. The van der Waals surface area contributed by atoms with Gasteiger partial charge in [0.05, 0.1) is 0 Å². The van der Waals surface area contributed by atoms with Gasteiger partial charge in [0.1, 0.15) is 0 Å². The van der Waals surface area contributed by atoms with Gasteiger partial charge in [0.2, 0.25) is 0 Å². The first-order valence-corrected chi connectivity index (χ1v) is 8.39. The van der Waals surface area contributed by atoms with Gasteiger partial charge in [-0.25, -0.2) is 0 Å². The third kappa shape index (κ3) is 2.60. The molecule has 0 radical (unpaired) electrons. The Morgan fingerprint density at radius 2 is 2.17 bits per heavy atom. The average Bonchev–Trinajstić information content (AvgIpc) is 2.82. The highest BCUT2D eigenvalue weighted by Crippen LogP contribution is 2.34. The zero-order valence-electron chi connectivity index (χ0n) is 11.2. The van der Waals surface area contributed by atoms with Crippen LogP contribution >= 0.6 is 11.8 Å². The fraction of sp³-hybridized carbons (Fsp3) is 0.625. The average molecular weight is 261 g/mol. The molecule has 1 aromatic carbocycles. The van der Waals surface area contributed by atoms with E-state index in [-0.39, 0.29) is 0 Å². The Balaban J connectivity index is 1.64. The van der Waals surface area contributed by atoms with Gasteiger partial charge in [-0.2, -0.15) is 11.8 Å². The quantitative estimate of drug-likeness (QED) is 0.882. The van der Waals surface area contributed by atoms with Crippen LogP contribution in [-0.2, 0) is 5.75 Å². The molecule has 3 atom stereocenters. The SMILES string of the molecule is CC1CCCC1CNC1CSCc2ccccc21. The van der Waals surface area contributed by atoms with Gasteiger partial charge in [0.25, 0.3) is 0 Å². The number of fused-ring (bicyclic) bond motifs is 1. The first kappa shape index (κ1) is 12.6. The summed E-state index contributed by atoms with van der Waals surface area (Å²) in [5.41, 5.74) is 3.08. The van der Waals surface area contributed by atoms with Crippen LogP contribution in [0.1, 0.15) is 43.4 Å². The first-order chi connectivity index (χ1) is 8.84. The zero-order valence-corrected chi connectivity index (χ0v) is 12.0. The molecule has 1 saturated carbocycles. The van der Waals surface area contributed by atoms with E-state index in [9.17, 15) is 0 Å². The molecule has 1 nitrogen and oxygen atoms in total. The van der Waals surface area contributed by atoms with Crippen molar-refractivity contribution in [3.63, 3.8) is 0 Å². The van der Waals surface area contributed by atoms with Gasteiger partial charge in [-0.15, -0.1) is 0 Å². The standard InChI is InChI=1S/C16H23NS/c1-12-5-4-7-13(12)9-17-16-11-18-10-14-6-2-3-8-15(14)16/h2-3,6,8,12-13,16-17H,4-5,7,9-11H2,1H3. The Labute approximate surface area is 115 Å². The summed E-state index contributed by atoms with van der Waals surface area (Å²) in [7, 11) is 0. The van der Waals surface area contributed by atoms with E-state index in [4.69, 9.17) is 0 Å². The minimum atomic E-state index is 0.577. The van der Waals surface area contributed by atoms with E-state index >= 15 is 0 Å². The van der Waals surface area contributed by atoms with Gasteiger partial charge in [0.15, 0.2) is 0 Å². The minimum absolute atomic E-state index is 0.577. The highest BCUT2D eigenvalue weighted by Gasteiger charge is 2.25. The molecular weight excluding hydrogens is 238 g/mol. The summed E-state index contributed by atoms with van der Waals surface area (Å²) in [4.78, 5) is 0. The van der Waals surface area contributed by atoms with Gasteiger partial charge in [-0.1, -0.05) is 44.0 Å². The number of thioether (sulfide) groups is 1. The van der Waals surface area contributed by atoms with Crippen molar-refractivity contribution < 1.29 is 0 Å². The lowest BCUT2D eigenvalue weighted by Gasteiger charge is -2.28. The summed E-state index contributed by atoms with van der Waals surface area (Å²) < 4.78 is 0. The molecule has 2 heteroatoms. The van der Waals surface area contributed by atoms with Crippen molar-refractivity contribution in [1.82, 2.24) is 5.32 Å². The summed E-state index contributed by atoms with van der Waals surface area (Å²) in [6, 6.07) is 9.52. The predicted octanol–water partition coefficient (Wildman–Crippen LogP) is 4.00. The fourth-order valence-electron chi connectivity index (χ4n) is 3.37. The molecule has 1 N–H and O–H groups in total. The summed E-state index contributed by atoms with van der Waals surface area (Å²) in [5.74, 6) is 4.25. The van der Waals surface area contributed by atoms with Crippen molar-refractivity contribution >= 4 is 11.8 Å². The van der Waals surface area contributed by atoms with Crippen LogP contribution in [0.4, 0.5) is 0 Å². The van der Waals surface area contributed by atoms with E-state index in [1.54, 1.807) is 5.56 Å². The van der Waals surface area contributed by atoms with Gasteiger partial charge in [-0.05, 0) is 35.9 Å². The van der Waals surface area contributed by atoms with Crippen LogP contribution < -0.4 is 5.32 Å². The number of rotatable bonds is 3. The van der Waals surface area contributed by atoms with E-state index in [1.165, 1.54) is 42.9 Å². The van der Waals surface area contributed by atoms with Crippen molar-refractivity contribution in [2.75, 3.05) is 12.3 Å². The topological polar surface area (TPSA) is 12.0 Å². The molecule has 3 unspecified atom stereocenters. The Morgan fingerprint density at radius 3 is 3.00 bits per heavy atom. The number of hydrogen-bond acceptors (Lipinski definition) is 2. The zero-order chi connectivity index (χ0) is 12.4. The highest BCUT2D eigenvalue weighted by molar-refractivity contribution is 7.98.